The van der Waals surface area contributed by atoms with Crippen molar-refractivity contribution < 1.29 is 3.84 Å². The number of fused-ring (bicyclic) bond motifs is 3. The van der Waals surface area contributed by atoms with E-state index in [9.17, 15) is 5.26 Å². The molecule has 2 aliphatic rings. The summed E-state index contributed by atoms with van der Waals surface area (Å²) in [5.41, 5.74) is 11.5. The summed E-state index contributed by atoms with van der Waals surface area (Å²) in [4.78, 5) is 7.32. The van der Waals surface area contributed by atoms with Crippen molar-refractivity contribution in [2.45, 2.75) is 43.8 Å². The molecule has 0 aromatic carbocycles. The third kappa shape index (κ3) is 4.46. The zero-order valence-electron chi connectivity index (χ0n) is 19.1. The number of aromatic nitrogens is 5. The van der Waals surface area contributed by atoms with Crippen LogP contribution in [0, 0.1) is 11.3 Å². The van der Waals surface area contributed by atoms with Crippen molar-refractivity contribution in [3.8, 4) is 28.3 Å². The molecule has 0 aliphatic carbocycles. The molecule has 6 rings (SSSR count). The first-order valence-electron chi connectivity index (χ1n) is 11.3. The fraction of sp³-hybridized carbons (Fsp3) is 0.333. The van der Waals surface area contributed by atoms with E-state index in [1.807, 2.05) is 31.8 Å². The van der Waals surface area contributed by atoms with Crippen molar-refractivity contribution in [3.63, 3.8) is 0 Å². The Morgan fingerprint density at radius 1 is 1.03 bits per heavy atom. The van der Waals surface area contributed by atoms with Gasteiger partial charge in [0.05, 0.1) is 47.2 Å². The van der Waals surface area contributed by atoms with E-state index in [1.165, 1.54) is 12.8 Å². The van der Waals surface area contributed by atoms with Gasteiger partial charge in [0, 0.05) is 66.0 Å². The topological polar surface area (TPSA) is 110 Å². The van der Waals surface area contributed by atoms with Gasteiger partial charge in [-0.05, 0) is 43.9 Å². The molecular formula is C24H24Cl2N8O. The Labute approximate surface area is 213 Å². The van der Waals surface area contributed by atoms with Gasteiger partial charge in [0.25, 0.3) is 0 Å². The number of rotatable bonds is 3. The SMILES string of the molecule is ClOCl.Cn1cc(-c2cc(-c3ccc(N4[C@@H]5CC[C@H]4C[C@@H](N)C5)nc3)c3c(C#N)cnn3c2)cn1. The molecule has 2 saturated heterocycles. The molecule has 11 heteroatoms. The molecule has 0 amide bonds. The summed E-state index contributed by atoms with van der Waals surface area (Å²) in [5.74, 6) is 1.02. The van der Waals surface area contributed by atoms with Crippen LogP contribution in [-0.2, 0) is 10.9 Å². The van der Waals surface area contributed by atoms with Crippen molar-refractivity contribution in [3.05, 3.63) is 54.7 Å². The fourth-order valence-electron chi connectivity index (χ4n) is 5.44. The van der Waals surface area contributed by atoms with Crippen molar-refractivity contribution in [2.75, 3.05) is 4.90 Å². The zero-order valence-corrected chi connectivity index (χ0v) is 20.6. The minimum absolute atomic E-state index is 0.304. The predicted octanol–water partition coefficient (Wildman–Crippen LogP) is 4.44. The van der Waals surface area contributed by atoms with Gasteiger partial charge in [-0.15, -0.1) is 0 Å². The summed E-state index contributed by atoms with van der Waals surface area (Å²) in [6.07, 6.45) is 13.7. The van der Waals surface area contributed by atoms with E-state index in [-0.39, 0.29) is 0 Å². The van der Waals surface area contributed by atoms with E-state index in [1.54, 1.807) is 15.4 Å². The molecule has 0 spiro atoms. The van der Waals surface area contributed by atoms with Crippen molar-refractivity contribution >= 4 is 35.1 Å². The second kappa shape index (κ2) is 9.84. The molecule has 35 heavy (non-hydrogen) atoms. The lowest BCUT2D eigenvalue weighted by Crippen LogP contribution is -2.47. The number of aryl methyl sites for hydroxylation is 1. The Kier molecular flexibility index (Phi) is 6.62. The smallest absolute Gasteiger partial charge is 0.129 e. The molecule has 2 bridgehead atoms. The largest absolute Gasteiger partial charge is 0.351 e. The molecule has 4 aromatic heterocycles. The maximum absolute atomic E-state index is 9.64. The molecule has 3 atom stereocenters. The Bertz CT molecular complexity index is 1360. The molecule has 2 aliphatic heterocycles. The number of nitriles is 1. The number of hydrogen-bond donors (Lipinski definition) is 1. The average molecular weight is 511 g/mol. The quantitative estimate of drug-likeness (QED) is 0.433. The first-order chi connectivity index (χ1) is 17.0. The maximum Gasteiger partial charge on any atom is 0.129 e. The van der Waals surface area contributed by atoms with E-state index >= 15 is 0 Å². The summed E-state index contributed by atoms with van der Waals surface area (Å²) < 4.78 is 6.74. The Morgan fingerprint density at radius 3 is 2.37 bits per heavy atom. The lowest BCUT2D eigenvalue weighted by molar-refractivity contribution is 0.412. The van der Waals surface area contributed by atoms with Crippen molar-refractivity contribution in [2.24, 2.45) is 12.8 Å². The molecule has 180 valence electrons. The second-order valence-electron chi connectivity index (χ2n) is 9.00. The van der Waals surface area contributed by atoms with Crippen LogP contribution >= 0.6 is 23.7 Å². The van der Waals surface area contributed by atoms with Crippen LogP contribution in [0.1, 0.15) is 31.2 Å². The first kappa shape index (κ1) is 23.6. The number of piperidine rings is 1. The Balaban J connectivity index is 0.000000806. The molecule has 4 aromatic rings. The van der Waals surface area contributed by atoms with E-state index in [2.05, 4.69) is 66.9 Å². The van der Waals surface area contributed by atoms with Crippen LogP contribution in [-0.4, -0.2) is 42.5 Å². The van der Waals surface area contributed by atoms with Gasteiger partial charge in [0.15, 0.2) is 0 Å². The van der Waals surface area contributed by atoms with Crippen LogP contribution in [0.15, 0.2) is 49.2 Å². The van der Waals surface area contributed by atoms with E-state index in [0.717, 1.165) is 46.4 Å². The second-order valence-corrected chi connectivity index (χ2v) is 9.46. The van der Waals surface area contributed by atoms with Crippen molar-refractivity contribution in [1.29, 1.82) is 5.26 Å². The lowest BCUT2D eigenvalue weighted by atomic mass is 9.98. The third-order valence-corrected chi connectivity index (χ3v) is 6.86. The van der Waals surface area contributed by atoms with Gasteiger partial charge in [0.1, 0.15) is 11.9 Å². The van der Waals surface area contributed by atoms with Gasteiger partial charge in [0.2, 0.25) is 0 Å². The molecule has 9 nitrogen and oxygen atoms in total. The summed E-state index contributed by atoms with van der Waals surface area (Å²) in [6, 6.07) is 9.85. The van der Waals surface area contributed by atoms with Crippen LogP contribution in [0.4, 0.5) is 5.82 Å². The molecule has 6 heterocycles. The number of halogens is 2. The summed E-state index contributed by atoms with van der Waals surface area (Å²) in [7, 11) is 1.90. The number of anilines is 1. The van der Waals surface area contributed by atoms with Crippen molar-refractivity contribution in [1.82, 2.24) is 24.4 Å². The first-order valence-corrected chi connectivity index (χ1v) is 11.9. The fourth-order valence-corrected chi connectivity index (χ4v) is 5.44. The molecule has 0 radical (unpaired) electrons. The highest BCUT2D eigenvalue weighted by Gasteiger charge is 2.40. The summed E-state index contributed by atoms with van der Waals surface area (Å²) in [6.45, 7) is 0. The summed E-state index contributed by atoms with van der Waals surface area (Å²) in [5, 5.41) is 18.4. The number of pyridine rings is 2. The van der Waals surface area contributed by atoms with Gasteiger partial charge in [-0.1, -0.05) is 0 Å². The van der Waals surface area contributed by atoms with Crippen LogP contribution in [0.2, 0.25) is 0 Å². The lowest BCUT2D eigenvalue weighted by Gasteiger charge is -2.38. The summed E-state index contributed by atoms with van der Waals surface area (Å²) >= 11 is 8.53. The minimum Gasteiger partial charge on any atom is -0.351 e. The van der Waals surface area contributed by atoms with E-state index < -0.39 is 0 Å². The maximum atomic E-state index is 9.64. The van der Waals surface area contributed by atoms with Gasteiger partial charge < -0.3 is 10.6 Å². The Hall–Kier alpha value is -3.16. The Morgan fingerprint density at radius 2 is 1.77 bits per heavy atom. The number of nitrogens with two attached hydrogens (primary N) is 1. The van der Waals surface area contributed by atoms with Crippen LogP contribution < -0.4 is 10.6 Å². The molecule has 0 saturated carbocycles. The third-order valence-electron chi connectivity index (χ3n) is 6.86. The molecule has 0 unspecified atom stereocenters. The number of nitrogens with zero attached hydrogens (tertiary/aromatic N) is 7. The predicted molar refractivity (Wildman–Crippen MR) is 135 cm³/mol. The molecular weight excluding hydrogens is 487 g/mol. The van der Waals surface area contributed by atoms with Gasteiger partial charge in [-0.25, -0.2) is 9.50 Å². The standard InChI is InChI=1S/C24H24N8.Cl2O/c1-30-13-18(12-28-30)16-6-22(24-17(9-25)11-29-31(24)14-16)15-2-5-23(27-10-15)32-20-3-4-21(32)8-19(26)7-20;1-3-2/h2,5-6,10-14,19-21H,3-4,7-8,26H2,1H3;/t19-,20+,21-;. The van der Waals surface area contributed by atoms with E-state index in [0.29, 0.717) is 23.7 Å². The highest BCUT2D eigenvalue weighted by Crippen LogP contribution is 2.39. The van der Waals surface area contributed by atoms with Crippen LogP contribution in [0.3, 0.4) is 0 Å². The zero-order chi connectivity index (χ0) is 24.5. The normalized spacial score (nSPS) is 21.0. The molecule has 2 N–H and O–H groups in total. The van der Waals surface area contributed by atoms with Gasteiger partial charge >= 0.3 is 0 Å². The highest BCUT2D eigenvalue weighted by atomic mass is 35.6. The monoisotopic (exact) mass is 510 g/mol. The number of hydrogen-bond acceptors (Lipinski definition) is 7. The van der Waals surface area contributed by atoms with Crippen LogP contribution in [0.25, 0.3) is 27.8 Å². The van der Waals surface area contributed by atoms with E-state index in [4.69, 9.17) is 10.7 Å². The average Bonchev–Trinajstić information content (AvgIpc) is 3.55. The minimum atomic E-state index is 0.304. The highest BCUT2D eigenvalue weighted by molar-refractivity contribution is 6.24. The van der Waals surface area contributed by atoms with Gasteiger partial charge in [-0.3, -0.25) is 4.68 Å². The van der Waals surface area contributed by atoms with Gasteiger partial charge in [-0.2, -0.15) is 19.3 Å². The van der Waals surface area contributed by atoms with Crippen LogP contribution in [0.5, 0.6) is 0 Å². The molecule has 2 fully saturated rings.